The average Bonchev–Trinajstić information content (AvgIpc) is 2.19. The lowest BCUT2D eigenvalue weighted by atomic mass is 9.92. The molecule has 0 saturated heterocycles. The molecule has 1 N–H and O–H groups in total. The first-order valence-corrected chi connectivity index (χ1v) is 5.41. The van der Waals surface area contributed by atoms with Gasteiger partial charge in [0.2, 0.25) is 0 Å². The van der Waals surface area contributed by atoms with Gasteiger partial charge in [-0.25, -0.2) is 0 Å². The van der Waals surface area contributed by atoms with Crippen molar-refractivity contribution in [3.05, 3.63) is 25.3 Å². The summed E-state index contributed by atoms with van der Waals surface area (Å²) in [5.41, 5.74) is 0. The first-order valence-electron chi connectivity index (χ1n) is 5.41. The van der Waals surface area contributed by atoms with E-state index in [1.54, 1.807) is 0 Å². The SMILES string of the molecule is C=CCN(CC=C)C1CCC(O)CC1. The smallest absolute Gasteiger partial charge is 0.0541 e. The molecule has 1 aliphatic carbocycles. The van der Waals surface area contributed by atoms with Gasteiger partial charge in [-0.2, -0.15) is 0 Å². The Morgan fingerprint density at radius 1 is 1.07 bits per heavy atom. The topological polar surface area (TPSA) is 23.5 Å². The molecule has 0 bridgehead atoms. The van der Waals surface area contributed by atoms with E-state index in [-0.39, 0.29) is 6.10 Å². The van der Waals surface area contributed by atoms with Crippen LogP contribution in [0, 0.1) is 0 Å². The van der Waals surface area contributed by atoms with Gasteiger partial charge < -0.3 is 5.11 Å². The van der Waals surface area contributed by atoms with E-state index in [1.807, 2.05) is 12.2 Å². The van der Waals surface area contributed by atoms with Gasteiger partial charge in [0, 0.05) is 19.1 Å². The summed E-state index contributed by atoms with van der Waals surface area (Å²) in [6.45, 7) is 9.38. The highest BCUT2D eigenvalue weighted by Crippen LogP contribution is 2.22. The fourth-order valence-corrected chi connectivity index (χ4v) is 2.13. The van der Waals surface area contributed by atoms with Crippen LogP contribution in [0.5, 0.6) is 0 Å². The number of hydrogen-bond acceptors (Lipinski definition) is 2. The molecule has 0 unspecified atom stereocenters. The standard InChI is InChI=1S/C12H21NO/c1-3-9-13(10-4-2)11-5-7-12(14)8-6-11/h3-4,11-12,14H,1-2,5-10H2. The van der Waals surface area contributed by atoms with E-state index in [2.05, 4.69) is 18.1 Å². The van der Waals surface area contributed by atoms with Gasteiger partial charge in [-0.3, -0.25) is 4.90 Å². The Labute approximate surface area is 86.9 Å². The number of aliphatic hydroxyl groups excluding tert-OH is 1. The summed E-state index contributed by atoms with van der Waals surface area (Å²) >= 11 is 0. The number of rotatable bonds is 5. The summed E-state index contributed by atoms with van der Waals surface area (Å²) in [6, 6.07) is 0.606. The molecule has 1 aliphatic rings. The molecule has 0 aromatic heterocycles. The van der Waals surface area contributed by atoms with Gasteiger partial charge in [-0.05, 0) is 25.7 Å². The Kier molecular flexibility index (Phi) is 4.91. The molecular weight excluding hydrogens is 174 g/mol. The molecule has 0 aromatic carbocycles. The fourth-order valence-electron chi connectivity index (χ4n) is 2.13. The molecule has 14 heavy (non-hydrogen) atoms. The van der Waals surface area contributed by atoms with Crippen LogP contribution in [0.1, 0.15) is 25.7 Å². The minimum atomic E-state index is -0.0689. The molecule has 1 saturated carbocycles. The lowest BCUT2D eigenvalue weighted by Crippen LogP contribution is -2.39. The van der Waals surface area contributed by atoms with Crippen molar-refractivity contribution in [3.63, 3.8) is 0 Å². The Morgan fingerprint density at radius 3 is 2.00 bits per heavy atom. The van der Waals surface area contributed by atoms with E-state index in [4.69, 9.17) is 0 Å². The van der Waals surface area contributed by atoms with Crippen molar-refractivity contribution in [2.24, 2.45) is 0 Å². The predicted molar refractivity (Wildman–Crippen MR) is 60.2 cm³/mol. The Balaban J connectivity index is 2.42. The third-order valence-electron chi connectivity index (χ3n) is 2.91. The Hall–Kier alpha value is -0.600. The van der Waals surface area contributed by atoms with Gasteiger partial charge in [0.1, 0.15) is 0 Å². The first-order chi connectivity index (χ1) is 6.77. The summed E-state index contributed by atoms with van der Waals surface area (Å²) in [5.74, 6) is 0. The summed E-state index contributed by atoms with van der Waals surface area (Å²) < 4.78 is 0. The lowest BCUT2D eigenvalue weighted by molar-refractivity contribution is 0.0832. The Bertz CT molecular complexity index is 173. The molecule has 0 atom stereocenters. The van der Waals surface area contributed by atoms with Gasteiger partial charge in [-0.15, -0.1) is 13.2 Å². The van der Waals surface area contributed by atoms with Crippen LogP contribution in [-0.4, -0.2) is 35.2 Å². The zero-order chi connectivity index (χ0) is 10.4. The van der Waals surface area contributed by atoms with Gasteiger partial charge in [0.05, 0.1) is 6.10 Å². The number of nitrogens with zero attached hydrogens (tertiary/aromatic N) is 1. The zero-order valence-electron chi connectivity index (χ0n) is 8.86. The van der Waals surface area contributed by atoms with Crippen molar-refractivity contribution in [2.45, 2.75) is 37.8 Å². The Morgan fingerprint density at radius 2 is 1.57 bits per heavy atom. The minimum Gasteiger partial charge on any atom is -0.393 e. The van der Waals surface area contributed by atoms with Gasteiger partial charge >= 0.3 is 0 Å². The minimum absolute atomic E-state index is 0.0689. The highest BCUT2D eigenvalue weighted by Gasteiger charge is 2.23. The lowest BCUT2D eigenvalue weighted by Gasteiger charge is -2.34. The molecule has 0 amide bonds. The second kappa shape index (κ2) is 5.99. The van der Waals surface area contributed by atoms with Crippen LogP contribution in [0.4, 0.5) is 0 Å². The van der Waals surface area contributed by atoms with E-state index in [9.17, 15) is 5.11 Å². The molecule has 2 nitrogen and oxygen atoms in total. The van der Waals surface area contributed by atoms with Crippen LogP contribution in [0.15, 0.2) is 25.3 Å². The largest absolute Gasteiger partial charge is 0.393 e. The van der Waals surface area contributed by atoms with Crippen molar-refractivity contribution in [1.82, 2.24) is 4.90 Å². The van der Waals surface area contributed by atoms with Crippen molar-refractivity contribution in [3.8, 4) is 0 Å². The van der Waals surface area contributed by atoms with E-state index in [1.165, 1.54) is 0 Å². The van der Waals surface area contributed by atoms with Crippen LogP contribution >= 0.6 is 0 Å². The zero-order valence-corrected chi connectivity index (χ0v) is 8.86. The normalized spacial score (nSPS) is 27.6. The van der Waals surface area contributed by atoms with Crippen LogP contribution < -0.4 is 0 Å². The number of aliphatic hydroxyl groups is 1. The van der Waals surface area contributed by atoms with Crippen LogP contribution in [0.2, 0.25) is 0 Å². The first kappa shape index (κ1) is 11.5. The van der Waals surface area contributed by atoms with Gasteiger partial charge in [-0.1, -0.05) is 12.2 Å². The van der Waals surface area contributed by atoms with Crippen LogP contribution in [-0.2, 0) is 0 Å². The molecule has 1 rings (SSSR count). The third kappa shape index (κ3) is 3.28. The fraction of sp³-hybridized carbons (Fsp3) is 0.667. The summed E-state index contributed by atoms with van der Waals surface area (Å²) in [5, 5.41) is 9.41. The molecule has 0 heterocycles. The van der Waals surface area contributed by atoms with Gasteiger partial charge in [0.15, 0.2) is 0 Å². The van der Waals surface area contributed by atoms with Crippen molar-refractivity contribution >= 4 is 0 Å². The maximum Gasteiger partial charge on any atom is 0.0541 e. The maximum atomic E-state index is 9.41. The van der Waals surface area contributed by atoms with Crippen LogP contribution in [0.25, 0.3) is 0 Å². The number of hydrogen-bond donors (Lipinski definition) is 1. The highest BCUT2D eigenvalue weighted by molar-refractivity contribution is 4.87. The summed E-state index contributed by atoms with van der Waals surface area (Å²) in [7, 11) is 0. The van der Waals surface area contributed by atoms with E-state index < -0.39 is 0 Å². The van der Waals surface area contributed by atoms with Gasteiger partial charge in [0.25, 0.3) is 0 Å². The molecule has 1 fully saturated rings. The van der Waals surface area contributed by atoms with E-state index in [0.717, 1.165) is 38.8 Å². The maximum absolute atomic E-state index is 9.41. The second-order valence-corrected chi connectivity index (χ2v) is 3.99. The van der Waals surface area contributed by atoms with E-state index in [0.29, 0.717) is 6.04 Å². The quantitative estimate of drug-likeness (QED) is 0.678. The molecule has 0 spiro atoms. The highest BCUT2D eigenvalue weighted by atomic mass is 16.3. The summed E-state index contributed by atoms with van der Waals surface area (Å²) in [6.07, 6.45) is 7.89. The molecular formula is C12H21NO. The molecule has 80 valence electrons. The third-order valence-corrected chi connectivity index (χ3v) is 2.91. The predicted octanol–water partition coefficient (Wildman–Crippen LogP) is 1.96. The van der Waals surface area contributed by atoms with Crippen molar-refractivity contribution < 1.29 is 5.11 Å². The van der Waals surface area contributed by atoms with Crippen molar-refractivity contribution in [2.75, 3.05) is 13.1 Å². The summed E-state index contributed by atoms with van der Waals surface area (Å²) in [4.78, 5) is 2.38. The second-order valence-electron chi connectivity index (χ2n) is 3.99. The monoisotopic (exact) mass is 195 g/mol. The van der Waals surface area contributed by atoms with E-state index >= 15 is 0 Å². The van der Waals surface area contributed by atoms with Crippen LogP contribution in [0.3, 0.4) is 0 Å². The molecule has 0 aromatic rings. The molecule has 0 aliphatic heterocycles. The molecule has 2 heteroatoms. The average molecular weight is 195 g/mol. The van der Waals surface area contributed by atoms with Crippen molar-refractivity contribution in [1.29, 1.82) is 0 Å². The molecule has 0 radical (unpaired) electrons.